The Balaban J connectivity index is 1.92. The first-order valence-corrected chi connectivity index (χ1v) is 6.12. The number of esters is 1. The minimum atomic E-state index is -0.158. The molecule has 16 heavy (non-hydrogen) atoms. The molecule has 0 N–H and O–H groups in total. The lowest BCUT2D eigenvalue weighted by Gasteiger charge is -2.34. The van der Waals surface area contributed by atoms with Crippen LogP contribution in [0, 0.1) is 11.3 Å². The molecule has 1 aliphatic heterocycles. The van der Waals surface area contributed by atoms with Gasteiger partial charge in [0.1, 0.15) is 5.60 Å². The molecule has 2 aliphatic rings. The fraction of sp³-hybridized carbons (Fsp3) is 0.923. The Kier molecular flexibility index (Phi) is 2.77. The molecule has 1 aliphatic carbocycles. The highest BCUT2D eigenvalue weighted by atomic mass is 16.6. The van der Waals surface area contributed by atoms with Gasteiger partial charge in [-0.1, -0.05) is 20.8 Å². The molecule has 92 valence electrons. The average molecular weight is 226 g/mol. The third-order valence-electron chi connectivity index (χ3n) is 4.22. The van der Waals surface area contributed by atoms with Gasteiger partial charge in [0.2, 0.25) is 0 Å². The molecule has 0 aromatic carbocycles. The van der Waals surface area contributed by atoms with Crippen LogP contribution >= 0.6 is 0 Å². The first kappa shape index (κ1) is 11.9. The minimum absolute atomic E-state index is 0.142. The van der Waals surface area contributed by atoms with Crippen LogP contribution in [-0.4, -0.2) is 24.8 Å². The van der Waals surface area contributed by atoms with E-state index in [1.165, 1.54) is 7.11 Å². The van der Waals surface area contributed by atoms with Crippen molar-refractivity contribution in [1.82, 2.24) is 0 Å². The summed E-state index contributed by atoms with van der Waals surface area (Å²) in [6.07, 6.45) is 4.00. The van der Waals surface area contributed by atoms with Crippen molar-refractivity contribution >= 4 is 5.97 Å². The Hall–Kier alpha value is -0.570. The molecule has 0 bridgehead atoms. The summed E-state index contributed by atoms with van der Waals surface area (Å²) in [5.41, 5.74) is 0.193. The van der Waals surface area contributed by atoms with E-state index in [-0.39, 0.29) is 11.6 Å². The third kappa shape index (κ3) is 2.10. The van der Waals surface area contributed by atoms with Crippen LogP contribution in [0.3, 0.4) is 0 Å². The van der Waals surface area contributed by atoms with Crippen molar-refractivity contribution in [1.29, 1.82) is 0 Å². The van der Waals surface area contributed by atoms with Crippen LogP contribution in [0.1, 0.15) is 46.5 Å². The molecule has 1 saturated carbocycles. The first-order valence-electron chi connectivity index (χ1n) is 6.12. The molecule has 0 aromatic heterocycles. The van der Waals surface area contributed by atoms with Gasteiger partial charge in [0.25, 0.3) is 0 Å². The van der Waals surface area contributed by atoms with E-state index < -0.39 is 0 Å². The highest BCUT2D eigenvalue weighted by Crippen LogP contribution is 2.55. The molecule has 0 radical (unpaired) electrons. The largest absolute Gasteiger partial charge is 0.469 e. The molecule has 2 rings (SSSR count). The number of methoxy groups -OCH3 is 1. The number of carbonyl (C=O) groups is 1. The Morgan fingerprint density at radius 1 is 1.50 bits per heavy atom. The number of fused-ring (bicyclic) bond motifs is 1. The molecule has 3 atom stereocenters. The second-order valence-corrected chi connectivity index (χ2v) is 6.26. The predicted molar refractivity (Wildman–Crippen MR) is 61.0 cm³/mol. The standard InChI is InChI=1S/C13H22O3/c1-12(2,3)9-5-6-13(8-11(14)15-4)10(7-9)16-13/h9-10H,5-8H2,1-4H3/t9-,10-,13-/m0/s1. The Labute approximate surface area is 97.5 Å². The van der Waals surface area contributed by atoms with E-state index in [0.29, 0.717) is 23.9 Å². The minimum Gasteiger partial charge on any atom is -0.469 e. The monoisotopic (exact) mass is 226 g/mol. The van der Waals surface area contributed by atoms with E-state index in [2.05, 4.69) is 20.8 Å². The molecule has 0 unspecified atom stereocenters. The number of epoxide rings is 1. The van der Waals surface area contributed by atoms with Crippen LogP contribution in [-0.2, 0) is 14.3 Å². The first-order chi connectivity index (χ1) is 7.37. The molecular formula is C13H22O3. The summed E-state index contributed by atoms with van der Waals surface area (Å²) in [4.78, 5) is 11.3. The summed E-state index contributed by atoms with van der Waals surface area (Å²) in [7, 11) is 1.44. The third-order valence-corrected chi connectivity index (χ3v) is 4.22. The van der Waals surface area contributed by atoms with Gasteiger partial charge in [0.15, 0.2) is 0 Å². The number of carbonyl (C=O) groups excluding carboxylic acids is 1. The smallest absolute Gasteiger partial charge is 0.308 e. The Morgan fingerprint density at radius 3 is 2.69 bits per heavy atom. The van der Waals surface area contributed by atoms with E-state index in [9.17, 15) is 4.79 Å². The van der Waals surface area contributed by atoms with Gasteiger partial charge in [-0.05, 0) is 30.6 Å². The van der Waals surface area contributed by atoms with Gasteiger partial charge in [-0.15, -0.1) is 0 Å². The molecular weight excluding hydrogens is 204 g/mol. The second-order valence-electron chi connectivity index (χ2n) is 6.26. The van der Waals surface area contributed by atoms with E-state index in [1.54, 1.807) is 0 Å². The van der Waals surface area contributed by atoms with Crippen molar-refractivity contribution in [3.05, 3.63) is 0 Å². The molecule has 2 fully saturated rings. The lowest BCUT2D eigenvalue weighted by molar-refractivity contribution is -0.142. The second kappa shape index (κ2) is 3.73. The van der Waals surface area contributed by atoms with E-state index in [0.717, 1.165) is 19.3 Å². The van der Waals surface area contributed by atoms with Crippen LogP contribution in [0.2, 0.25) is 0 Å². The summed E-state index contributed by atoms with van der Waals surface area (Å²) in [6, 6.07) is 0. The molecule has 1 saturated heterocycles. The van der Waals surface area contributed by atoms with Gasteiger partial charge in [0.05, 0.1) is 19.6 Å². The summed E-state index contributed by atoms with van der Waals surface area (Å²) in [5.74, 6) is 0.572. The van der Waals surface area contributed by atoms with E-state index in [1.807, 2.05) is 0 Å². The summed E-state index contributed by atoms with van der Waals surface area (Å²) in [6.45, 7) is 6.86. The van der Waals surface area contributed by atoms with Gasteiger partial charge < -0.3 is 9.47 Å². The molecule has 3 nitrogen and oxygen atoms in total. The molecule has 0 aromatic rings. The van der Waals surface area contributed by atoms with Crippen molar-refractivity contribution in [3.8, 4) is 0 Å². The van der Waals surface area contributed by atoms with Crippen molar-refractivity contribution in [3.63, 3.8) is 0 Å². The molecule has 0 spiro atoms. The van der Waals surface area contributed by atoms with Gasteiger partial charge >= 0.3 is 5.97 Å². The predicted octanol–water partition coefficient (Wildman–Crippen LogP) is 2.53. The summed E-state index contributed by atoms with van der Waals surface area (Å²) < 4.78 is 10.5. The van der Waals surface area contributed by atoms with Crippen LogP contribution in [0.4, 0.5) is 0 Å². The van der Waals surface area contributed by atoms with Crippen molar-refractivity contribution in [2.45, 2.75) is 58.2 Å². The zero-order chi connectivity index (χ0) is 12.0. The number of ether oxygens (including phenoxy) is 2. The topological polar surface area (TPSA) is 38.8 Å². The van der Waals surface area contributed by atoms with Crippen LogP contribution in [0.15, 0.2) is 0 Å². The molecule has 1 heterocycles. The van der Waals surface area contributed by atoms with Gasteiger partial charge in [0, 0.05) is 0 Å². The molecule has 3 heteroatoms. The maximum atomic E-state index is 11.3. The quantitative estimate of drug-likeness (QED) is 0.536. The molecule has 0 amide bonds. The maximum absolute atomic E-state index is 11.3. The van der Waals surface area contributed by atoms with Crippen molar-refractivity contribution < 1.29 is 14.3 Å². The van der Waals surface area contributed by atoms with Gasteiger partial charge in [-0.3, -0.25) is 4.79 Å². The average Bonchev–Trinajstić information content (AvgIpc) is 2.88. The fourth-order valence-electron chi connectivity index (χ4n) is 2.87. The Bertz CT molecular complexity index is 292. The number of hydrogen-bond acceptors (Lipinski definition) is 3. The number of rotatable bonds is 2. The summed E-state index contributed by atoms with van der Waals surface area (Å²) in [5, 5.41) is 0. The highest BCUT2D eigenvalue weighted by molar-refractivity contribution is 5.71. The zero-order valence-electron chi connectivity index (χ0n) is 10.7. The normalized spacial score (nSPS) is 37.8. The summed E-state index contributed by atoms with van der Waals surface area (Å²) >= 11 is 0. The van der Waals surface area contributed by atoms with E-state index >= 15 is 0 Å². The lowest BCUT2D eigenvalue weighted by atomic mass is 9.69. The lowest BCUT2D eigenvalue weighted by Crippen LogP contribution is -2.32. The maximum Gasteiger partial charge on any atom is 0.308 e. The van der Waals surface area contributed by atoms with Crippen LogP contribution in [0.5, 0.6) is 0 Å². The Morgan fingerprint density at radius 2 is 2.19 bits per heavy atom. The van der Waals surface area contributed by atoms with Crippen LogP contribution in [0.25, 0.3) is 0 Å². The van der Waals surface area contributed by atoms with Crippen molar-refractivity contribution in [2.75, 3.05) is 7.11 Å². The zero-order valence-corrected chi connectivity index (χ0v) is 10.7. The highest BCUT2D eigenvalue weighted by Gasteiger charge is 2.60. The van der Waals surface area contributed by atoms with Crippen LogP contribution < -0.4 is 0 Å². The SMILES string of the molecule is COC(=O)C[C@@]12CC[C@H](C(C)(C)C)C[C@@H]1O2. The van der Waals surface area contributed by atoms with E-state index in [4.69, 9.17) is 9.47 Å². The van der Waals surface area contributed by atoms with Crippen molar-refractivity contribution in [2.24, 2.45) is 11.3 Å². The fourth-order valence-corrected chi connectivity index (χ4v) is 2.87. The van der Waals surface area contributed by atoms with Gasteiger partial charge in [-0.2, -0.15) is 0 Å². The van der Waals surface area contributed by atoms with Gasteiger partial charge in [-0.25, -0.2) is 0 Å². The number of hydrogen-bond donors (Lipinski definition) is 0.